The lowest BCUT2D eigenvalue weighted by Crippen LogP contribution is -2.38. The molecular formula is C26H39N3O. The number of para-hydroxylation sites is 1. The van der Waals surface area contributed by atoms with Crippen LogP contribution < -0.4 is 5.32 Å². The molecule has 30 heavy (non-hydrogen) atoms. The van der Waals surface area contributed by atoms with Gasteiger partial charge in [-0.1, -0.05) is 51.0 Å². The van der Waals surface area contributed by atoms with E-state index in [0.29, 0.717) is 6.04 Å². The van der Waals surface area contributed by atoms with Gasteiger partial charge in [-0.15, -0.1) is 0 Å². The average Bonchev–Trinajstić information content (AvgIpc) is 3.14. The lowest BCUT2D eigenvalue weighted by atomic mass is 9.92. The van der Waals surface area contributed by atoms with Crippen molar-refractivity contribution >= 4 is 16.7 Å². The molecule has 4 heteroatoms. The average molecular weight is 410 g/mol. The van der Waals surface area contributed by atoms with Crippen molar-refractivity contribution < 1.29 is 4.79 Å². The molecule has 1 fully saturated rings. The number of nitrogens with zero attached hydrogens (tertiary/aromatic N) is 2. The van der Waals surface area contributed by atoms with E-state index in [0.717, 1.165) is 47.6 Å². The Kier molecular flexibility index (Phi) is 8.15. The van der Waals surface area contributed by atoms with Crippen LogP contribution in [0.15, 0.2) is 42.2 Å². The zero-order chi connectivity index (χ0) is 21.5. The molecule has 0 unspecified atom stereocenters. The molecular weight excluding hydrogens is 370 g/mol. The Morgan fingerprint density at radius 2 is 1.93 bits per heavy atom. The Balaban J connectivity index is 1.65. The number of ketones is 1. The molecule has 0 amide bonds. The Morgan fingerprint density at radius 1 is 1.20 bits per heavy atom. The molecule has 0 saturated carbocycles. The first kappa shape index (κ1) is 22.6. The van der Waals surface area contributed by atoms with E-state index in [4.69, 9.17) is 0 Å². The molecule has 4 nitrogen and oxygen atoms in total. The van der Waals surface area contributed by atoms with E-state index < -0.39 is 0 Å². The highest BCUT2D eigenvalue weighted by Gasteiger charge is 2.21. The second-order valence-electron chi connectivity index (χ2n) is 8.92. The predicted molar refractivity (Wildman–Crippen MR) is 127 cm³/mol. The van der Waals surface area contributed by atoms with Crippen molar-refractivity contribution in [2.45, 2.75) is 65.8 Å². The SMILES string of the molecule is CC/C=C(\NCCN1CCC(CCC)CC1)C(=O)c1cn(C(C)C)c2ccccc12. The van der Waals surface area contributed by atoms with Crippen LogP contribution in [0, 0.1) is 5.92 Å². The fourth-order valence-electron chi connectivity index (χ4n) is 4.66. The van der Waals surface area contributed by atoms with Crippen LogP contribution >= 0.6 is 0 Å². The number of nitrogens with one attached hydrogen (secondary N) is 1. The summed E-state index contributed by atoms with van der Waals surface area (Å²) in [6, 6.07) is 8.54. The van der Waals surface area contributed by atoms with Gasteiger partial charge in [-0.3, -0.25) is 4.79 Å². The van der Waals surface area contributed by atoms with E-state index in [1.807, 2.05) is 24.4 Å². The number of aromatic nitrogens is 1. The van der Waals surface area contributed by atoms with Crippen molar-refractivity contribution in [2.24, 2.45) is 5.92 Å². The van der Waals surface area contributed by atoms with Crippen LogP contribution in [0.1, 0.15) is 76.2 Å². The van der Waals surface area contributed by atoms with Gasteiger partial charge in [-0.05, 0) is 58.2 Å². The van der Waals surface area contributed by atoms with Crippen molar-refractivity contribution in [3.8, 4) is 0 Å². The van der Waals surface area contributed by atoms with Gasteiger partial charge >= 0.3 is 0 Å². The maximum absolute atomic E-state index is 13.4. The summed E-state index contributed by atoms with van der Waals surface area (Å²) in [5.74, 6) is 1.02. The van der Waals surface area contributed by atoms with Gasteiger partial charge in [0.2, 0.25) is 5.78 Å². The van der Waals surface area contributed by atoms with E-state index in [2.05, 4.69) is 54.6 Å². The van der Waals surface area contributed by atoms with Gasteiger partial charge in [0.05, 0.1) is 5.70 Å². The van der Waals surface area contributed by atoms with Gasteiger partial charge in [0.25, 0.3) is 0 Å². The van der Waals surface area contributed by atoms with Crippen LogP contribution in [0.4, 0.5) is 0 Å². The van der Waals surface area contributed by atoms with Crippen LogP contribution in [0.3, 0.4) is 0 Å². The smallest absolute Gasteiger partial charge is 0.210 e. The zero-order valence-corrected chi connectivity index (χ0v) is 19.3. The number of fused-ring (bicyclic) bond motifs is 1. The summed E-state index contributed by atoms with van der Waals surface area (Å²) >= 11 is 0. The van der Waals surface area contributed by atoms with E-state index >= 15 is 0 Å². The fourth-order valence-corrected chi connectivity index (χ4v) is 4.66. The third kappa shape index (κ3) is 5.34. The van der Waals surface area contributed by atoms with Gasteiger partial charge in [-0.25, -0.2) is 0 Å². The largest absolute Gasteiger partial charge is 0.381 e. The highest BCUT2D eigenvalue weighted by Crippen LogP contribution is 2.26. The van der Waals surface area contributed by atoms with Crippen molar-refractivity contribution in [2.75, 3.05) is 26.2 Å². The molecule has 1 N–H and O–H groups in total. The Morgan fingerprint density at radius 3 is 2.60 bits per heavy atom. The summed E-state index contributed by atoms with van der Waals surface area (Å²) in [5.41, 5.74) is 2.67. The molecule has 0 bridgehead atoms. The fraction of sp³-hybridized carbons (Fsp3) is 0.577. The van der Waals surface area contributed by atoms with Gasteiger partial charge < -0.3 is 14.8 Å². The van der Waals surface area contributed by atoms with Gasteiger partial charge in [0, 0.05) is 41.8 Å². The topological polar surface area (TPSA) is 37.3 Å². The summed E-state index contributed by atoms with van der Waals surface area (Å²) in [4.78, 5) is 16.0. The number of hydrogen-bond acceptors (Lipinski definition) is 3. The maximum atomic E-state index is 13.4. The number of piperidine rings is 1. The number of allylic oxidation sites excluding steroid dienone is 2. The second kappa shape index (κ2) is 10.8. The Bertz CT molecular complexity index is 856. The lowest BCUT2D eigenvalue weighted by Gasteiger charge is -2.32. The molecule has 1 aromatic heterocycles. The standard InChI is InChI=1S/C26H39N3O/c1-5-9-21-13-16-28(17-14-21)18-15-27-24(10-6-2)26(30)23-19-29(20(3)4)25-12-8-7-11-22(23)25/h7-8,10-12,19-21,27H,5-6,9,13-18H2,1-4H3/b24-10-. The highest BCUT2D eigenvalue weighted by atomic mass is 16.1. The first-order valence-electron chi connectivity index (χ1n) is 11.9. The summed E-state index contributed by atoms with van der Waals surface area (Å²) in [5, 5.41) is 4.51. The Labute approximate surface area is 182 Å². The number of rotatable bonds is 10. The van der Waals surface area contributed by atoms with Crippen LogP contribution in [0.25, 0.3) is 10.9 Å². The number of Topliss-reactive ketones (excluding diaryl/α,β-unsaturated/α-hetero) is 1. The van der Waals surface area contributed by atoms with Gasteiger partial charge in [0.1, 0.15) is 0 Å². The second-order valence-corrected chi connectivity index (χ2v) is 8.92. The van der Waals surface area contributed by atoms with E-state index in [1.165, 1.54) is 38.8 Å². The minimum absolute atomic E-state index is 0.106. The van der Waals surface area contributed by atoms with Gasteiger partial charge in [-0.2, -0.15) is 0 Å². The minimum atomic E-state index is 0.106. The first-order chi connectivity index (χ1) is 14.5. The third-order valence-electron chi connectivity index (χ3n) is 6.34. The number of carbonyl (C=O) groups excluding carboxylic acids is 1. The normalized spacial score (nSPS) is 16.5. The van der Waals surface area contributed by atoms with Crippen LogP contribution in [-0.2, 0) is 0 Å². The van der Waals surface area contributed by atoms with Crippen molar-refractivity contribution in [1.29, 1.82) is 0 Å². The molecule has 2 heterocycles. The first-order valence-corrected chi connectivity index (χ1v) is 11.9. The summed E-state index contributed by atoms with van der Waals surface area (Å²) < 4.78 is 2.20. The zero-order valence-electron chi connectivity index (χ0n) is 19.3. The van der Waals surface area contributed by atoms with Crippen molar-refractivity contribution in [1.82, 2.24) is 14.8 Å². The predicted octanol–water partition coefficient (Wildman–Crippen LogP) is 5.80. The number of benzene rings is 1. The highest BCUT2D eigenvalue weighted by molar-refractivity contribution is 6.16. The quantitative estimate of drug-likeness (QED) is 0.398. The molecule has 0 atom stereocenters. The van der Waals surface area contributed by atoms with Gasteiger partial charge in [0.15, 0.2) is 0 Å². The van der Waals surface area contributed by atoms with Crippen molar-refractivity contribution in [3.63, 3.8) is 0 Å². The molecule has 2 aromatic rings. The molecule has 3 rings (SSSR count). The monoisotopic (exact) mass is 409 g/mol. The molecule has 0 spiro atoms. The molecule has 0 radical (unpaired) electrons. The summed E-state index contributed by atoms with van der Waals surface area (Å²) in [6.07, 6.45) is 10.2. The summed E-state index contributed by atoms with van der Waals surface area (Å²) in [7, 11) is 0. The van der Waals surface area contributed by atoms with E-state index in [1.54, 1.807) is 0 Å². The third-order valence-corrected chi connectivity index (χ3v) is 6.34. The number of carbonyl (C=O) groups is 1. The van der Waals surface area contributed by atoms with E-state index in [9.17, 15) is 4.79 Å². The molecule has 1 aliphatic heterocycles. The Hall–Kier alpha value is -2.07. The number of likely N-dealkylation sites (tertiary alicyclic amines) is 1. The molecule has 164 valence electrons. The molecule has 1 aromatic carbocycles. The van der Waals surface area contributed by atoms with Crippen LogP contribution in [0.5, 0.6) is 0 Å². The molecule has 1 aliphatic rings. The molecule has 1 saturated heterocycles. The summed E-state index contributed by atoms with van der Waals surface area (Å²) in [6.45, 7) is 12.9. The minimum Gasteiger partial charge on any atom is -0.381 e. The van der Waals surface area contributed by atoms with Crippen LogP contribution in [-0.4, -0.2) is 41.4 Å². The van der Waals surface area contributed by atoms with E-state index in [-0.39, 0.29) is 5.78 Å². The van der Waals surface area contributed by atoms with Crippen LogP contribution in [0.2, 0.25) is 0 Å². The number of hydrogen-bond donors (Lipinski definition) is 1. The lowest BCUT2D eigenvalue weighted by molar-refractivity contribution is 0.102. The van der Waals surface area contributed by atoms with Crippen molar-refractivity contribution in [3.05, 3.63) is 47.8 Å². The maximum Gasteiger partial charge on any atom is 0.210 e. The molecule has 0 aliphatic carbocycles.